The average molecular weight is 861 g/mol. The van der Waals surface area contributed by atoms with Gasteiger partial charge < -0.3 is 9.80 Å². The second-order valence-corrected chi connectivity index (χ2v) is 27.0. The summed E-state index contributed by atoms with van der Waals surface area (Å²) < 4.78 is 0. The second kappa shape index (κ2) is 11.8. The zero-order valence-corrected chi connectivity index (χ0v) is 39.2. The van der Waals surface area contributed by atoms with Gasteiger partial charge in [-0.2, -0.15) is 0 Å². The number of fused-ring (bicyclic) bond motifs is 8. The molecule has 12 saturated carbocycles. The highest BCUT2D eigenvalue weighted by molar-refractivity contribution is 7.00. The first-order valence-corrected chi connectivity index (χ1v) is 27.5. The van der Waals surface area contributed by atoms with Crippen LogP contribution >= 0.6 is 0 Å². The molecule has 10 unspecified atom stereocenters. The van der Waals surface area contributed by atoms with E-state index in [-0.39, 0.29) is 6.71 Å². The van der Waals surface area contributed by atoms with E-state index in [1.54, 1.807) is 27.6 Å². The molecule has 0 saturated heterocycles. The minimum absolute atomic E-state index is 0.199. The number of benzene rings is 5. The van der Waals surface area contributed by atoms with Crippen molar-refractivity contribution in [3.63, 3.8) is 0 Å². The maximum Gasteiger partial charge on any atom is 0.252 e. The highest BCUT2D eigenvalue weighted by Crippen LogP contribution is 2.80. The van der Waals surface area contributed by atoms with E-state index in [9.17, 15) is 0 Å². The minimum Gasteiger partial charge on any atom is -0.311 e. The number of nitrogens with zero attached hydrogens (tertiary/aromatic N) is 2. The molecule has 0 amide bonds. The number of para-hydroxylation sites is 1. The van der Waals surface area contributed by atoms with E-state index >= 15 is 0 Å². The summed E-state index contributed by atoms with van der Waals surface area (Å²) in [4.78, 5) is 5.44. The molecule has 12 fully saturated rings. The molecule has 3 heteroatoms. The molecule has 12 aliphatic carbocycles. The zero-order valence-electron chi connectivity index (χ0n) is 39.2. The molecule has 10 bridgehead atoms. The molecule has 5 aromatic carbocycles. The van der Waals surface area contributed by atoms with Gasteiger partial charge in [0.05, 0.1) is 0 Å². The fraction of sp³-hybridized carbons (Fsp3) is 0.524. The summed E-state index contributed by atoms with van der Waals surface area (Å²) in [7, 11) is 0. The highest BCUT2D eigenvalue weighted by Gasteiger charge is 2.72. The molecule has 2 nitrogen and oxygen atoms in total. The van der Waals surface area contributed by atoms with Gasteiger partial charge in [0.1, 0.15) is 0 Å². The summed E-state index contributed by atoms with van der Waals surface area (Å²) in [5.41, 5.74) is 21.7. The normalized spacial score (nSPS) is 43.1. The first kappa shape index (κ1) is 36.8. The van der Waals surface area contributed by atoms with E-state index in [2.05, 4.69) is 120 Å². The van der Waals surface area contributed by atoms with Crippen molar-refractivity contribution in [2.75, 3.05) is 9.80 Å². The summed E-state index contributed by atoms with van der Waals surface area (Å²) in [6.45, 7) is 2.56. The van der Waals surface area contributed by atoms with Crippen LogP contribution in [0.3, 0.4) is 0 Å². The van der Waals surface area contributed by atoms with Crippen LogP contribution in [0.1, 0.15) is 138 Å². The third-order valence-corrected chi connectivity index (χ3v) is 24.2. The van der Waals surface area contributed by atoms with Gasteiger partial charge in [-0.1, -0.05) is 54.6 Å². The fourth-order valence-electron chi connectivity index (χ4n) is 22.8. The van der Waals surface area contributed by atoms with Crippen LogP contribution in [0.15, 0.2) is 103 Å². The summed E-state index contributed by atoms with van der Waals surface area (Å²) in [5, 5.41) is 0. The van der Waals surface area contributed by atoms with Crippen LogP contribution in [0.2, 0.25) is 0 Å². The zero-order chi connectivity index (χ0) is 42.7. The second-order valence-electron chi connectivity index (χ2n) is 27.0. The molecule has 2 aliphatic heterocycles. The van der Waals surface area contributed by atoms with Crippen LogP contribution in [0.4, 0.5) is 34.1 Å². The summed E-state index contributed by atoms with van der Waals surface area (Å²) in [6.07, 6.45) is 26.6. The Morgan fingerprint density at radius 1 is 0.409 bits per heavy atom. The lowest BCUT2D eigenvalue weighted by Crippen LogP contribution is -2.61. The predicted molar refractivity (Wildman–Crippen MR) is 270 cm³/mol. The van der Waals surface area contributed by atoms with Crippen LogP contribution in [0.5, 0.6) is 0 Å². The van der Waals surface area contributed by atoms with E-state index in [0.29, 0.717) is 27.1 Å². The van der Waals surface area contributed by atoms with Gasteiger partial charge in [-0.15, -0.1) is 0 Å². The number of aryl methyl sites for hydroxylation is 1. The molecular weight excluding hydrogens is 796 g/mol. The topological polar surface area (TPSA) is 6.48 Å². The van der Waals surface area contributed by atoms with Crippen molar-refractivity contribution in [1.29, 1.82) is 0 Å². The van der Waals surface area contributed by atoms with E-state index in [1.807, 2.05) is 0 Å². The lowest BCUT2D eigenvalue weighted by molar-refractivity contribution is -0.00518. The average Bonchev–Trinajstić information content (AvgIpc) is 3.82. The van der Waals surface area contributed by atoms with Crippen LogP contribution in [-0.4, -0.2) is 6.71 Å². The molecule has 2 spiro atoms. The quantitative estimate of drug-likeness (QED) is 0.159. The lowest BCUT2D eigenvalue weighted by Gasteiger charge is -2.57. The van der Waals surface area contributed by atoms with E-state index in [0.717, 1.165) is 53.3 Å². The molecule has 66 heavy (non-hydrogen) atoms. The molecule has 0 aromatic heterocycles. The number of rotatable bonds is 5. The maximum absolute atomic E-state index is 2.86. The third kappa shape index (κ3) is 4.31. The Morgan fingerprint density at radius 2 is 0.894 bits per heavy atom. The summed E-state index contributed by atoms with van der Waals surface area (Å²) in [6, 6.07) is 43.2. The first-order valence-electron chi connectivity index (χ1n) is 27.5. The van der Waals surface area contributed by atoms with Crippen LogP contribution in [0.25, 0.3) is 0 Å². The van der Waals surface area contributed by atoms with Crippen molar-refractivity contribution in [1.82, 2.24) is 0 Å². The smallest absolute Gasteiger partial charge is 0.252 e. The molecule has 14 aliphatic rings. The summed E-state index contributed by atoms with van der Waals surface area (Å²) >= 11 is 0. The molecular formula is C63H65BN2. The van der Waals surface area contributed by atoms with Gasteiger partial charge in [0, 0.05) is 34.1 Å². The lowest BCUT2D eigenvalue weighted by atomic mass is 9.33. The van der Waals surface area contributed by atoms with E-state index in [1.165, 1.54) is 161 Å². The first-order chi connectivity index (χ1) is 32.3. The van der Waals surface area contributed by atoms with Crippen LogP contribution in [0, 0.1) is 71.0 Å². The molecule has 2 heterocycles. The Hall–Kier alpha value is -4.24. The van der Waals surface area contributed by atoms with Crippen LogP contribution < -0.4 is 26.2 Å². The van der Waals surface area contributed by atoms with Gasteiger partial charge in [0.15, 0.2) is 0 Å². The van der Waals surface area contributed by atoms with Crippen molar-refractivity contribution in [3.8, 4) is 0 Å². The standard InChI is InChI=1S/C63H65BN2/c1-37-15-56-58-57(16-37)66(51-11-7-43(8-12-51)59-26-38-17-39(27-59)19-40(18-38)28-59)55-14-10-45(61-30-42-21-47-23-49(34-61)63(47,32-42)36-61)25-53(55)64(58)52-24-44(9-13-54(52)65(56)50-5-3-2-4-6-50)60-29-41-20-46-22-48(33-60)62(46,31-41)35-60/h2-16,24-25,38-42,46-49H,17-23,26-36H2,1H3. The predicted octanol–water partition coefficient (Wildman–Crippen LogP) is 13.5. The van der Waals surface area contributed by atoms with Crippen molar-refractivity contribution in [3.05, 3.63) is 125 Å². The summed E-state index contributed by atoms with van der Waals surface area (Å²) in [5.74, 6) is 8.72. The third-order valence-electron chi connectivity index (χ3n) is 24.2. The monoisotopic (exact) mass is 861 g/mol. The maximum atomic E-state index is 2.86. The Morgan fingerprint density at radius 3 is 1.42 bits per heavy atom. The molecule has 5 aromatic rings. The van der Waals surface area contributed by atoms with Gasteiger partial charge in [-0.25, -0.2) is 0 Å². The highest BCUT2D eigenvalue weighted by atomic mass is 15.2. The number of hydrogen-bond acceptors (Lipinski definition) is 2. The Labute approximate surface area is 393 Å². The SMILES string of the molecule is Cc1cc2c3c(c1)N(c1ccc(C45CC6CC(CC(C6)C4)C5)cc1)c1ccc(C45CC6CC7CC(C4)C7(C6)C5)cc1B3c1cc(C34CC5CC6CC(C3)C6(C5)C4)ccc1N2c1ccccc1. The van der Waals surface area contributed by atoms with E-state index in [4.69, 9.17) is 0 Å². The molecule has 330 valence electrons. The molecule has 0 N–H and O–H groups in total. The van der Waals surface area contributed by atoms with Crippen molar-refractivity contribution < 1.29 is 0 Å². The van der Waals surface area contributed by atoms with E-state index < -0.39 is 0 Å². The molecule has 19 rings (SSSR count). The van der Waals surface area contributed by atoms with Gasteiger partial charge in [0.2, 0.25) is 0 Å². The van der Waals surface area contributed by atoms with Gasteiger partial charge in [-0.05, 0) is 290 Å². The van der Waals surface area contributed by atoms with Crippen molar-refractivity contribution in [2.45, 2.75) is 139 Å². The number of anilines is 6. The van der Waals surface area contributed by atoms with Gasteiger partial charge in [0.25, 0.3) is 6.71 Å². The fourth-order valence-corrected chi connectivity index (χ4v) is 22.8. The van der Waals surface area contributed by atoms with Crippen LogP contribution in [-0.2, 0) is 16.2 Å². The Kier molecular flexibility index (Phi) is 6.56. The van der Waals surface area contributed by atoms with Crippen molar-refractivity contribution >= 4 is 57.2 Å². The van der Waals surface area contributed by atoms with Gasteiger partial charge >= 0.3 is 0 Å². The molecule has 10 atom stereocenters. The largest absolute Gasteiger partial charge is 0.311 e. The Balaban J connectivity index is 0.854. The Bertz CT molecular complexity index is 2950. The van der Waals surface area contributed by atoms with Crippen molar-refractivity contribution in [2.24, 2.45) is 64.1 Å². The van der Waals surface area contributed by atoms with Gasteiger partial charge in [-0.3, -0.25) is 0 Å². The number of hydrogen-bond donors (Lipinski definition) is 0. The molecule has 0 radical (unpaired) electrons. The minimum atomic E-state index is 0.199.